The van der Waals surface area contributed by atoms with E-state index in [-0.39, 0.29) is 13.2 Å². The first-order valence-corrected chi connectivity index (χ1v) is 5.97. The molecule has 14 heavy (non-hydrogen) atoms. The molecule has 0 radical (unpaired) electrons. The van der Waals surface area contributed by atoms with Crippen molar-refractivity contribution in [1.29, 1.82) is 0 Å². The summed E-state index contributed by atoms with van der Waals surface area (Å²) in [7, 11) is -1.91. The monoisotopic (exact) mass is 217 g/mol. The minimum atomic E-state index is -3.38. The van der Waals surface area contributed by atoms with Gasteiger partial charge in [0.25, 0.3) is 0 Å². The molecule has 0 bridgehead atoms. The van der Waals surface area contributed by atoms with Crippen molar-refractivity contribution in [3.05, 3.63) is 23.1 Å². The average Bonchev–Trinajstić information content (AvgIpc) is 2.19. The summed E-state index contributed by atoms with van der Waals surface area (Å²) >= 11 is 0. The van der Waals surface area contributed by atoms with Crippen molar-refractivity contribution in [2.24, 2.45) is 0 Å². The maximum atomic E-state index is 11.8. The van der Waals surface area contributed by atoms with Crippen molar-refractivity contribution in [3.8, 4) is 0 Å². The van der Waals surface area contributed by atoms with Crippen LogP contribution in [0.25, 0.3) is 0 Å². The highest BCUT2D eigenvalue weighted by molar-refractivity contribution is 7.93. The molecular weight excluding hydrogens is 202 g/mol. The van der Waals surface area contributed by atoms with Crippen LogP contribution in [0.15, 0.2) is 23.1 Å². The highest BCUT2D eigenvalue weighted by atomic mass is 32.2. The molecule has 4 nitrogen and oxygen atoms in total. The lowest BCUT2D eigenvalue weighted by Gasteiger charge is -2.17. The number of sulfonamides is 1. The van der Waals surface area contributed by atoms with Crippen molar-refractivity contribution in [3.63, 3.8) is 0 Å². The Bertz CT molecular complexity index is 343. The number of likely N-dealkylation sites (N-methyl/N-ethyl adjacent to an activating group) is 1. The van der Waals surface area contributed by atoms with Crippen LogP contribution < -0.4 is 0 Å². The van der Waals surface area contributed by atoms with Gasteiger partial charge in [-0.2, -0.15) is 4.31 Å². The summed E-state index contributed by atoms with van der Waals surface area (Å²) in [5, 5.41) is 8.65. The third-order valence-electron chi connectivity index (χ3n) is 2.08. The molecular formula is C9H15NO3S. The zero-order valence-electron chi connectivity index (χ0n) is 8.18. The molecule has 0 fully saturated rings. The van der Waals surface area contributed by atoms with Gasteiger partial charge in [-0.1, -0.05) is 12.2 Å². The summed E-state index contributed by atoms with van der Waals surface area (Å²) in [4.78, 5) is 0.333. The van der Waals surface area contributed by atoms with Gasteiger partial charge in [0.1, 0.15) is 0 Å². The second-order valence-electron chi connectivity index (χ2n) is 3.14. The van der Waals surface area contributed by atoms with Crippen molar-refractivity contribution < 1.29 is 13.5 Å². The van der Waals surface area contributed by atoms with Gasteiger partial charge in [0.2, 0.25) is 10.0 Å². The van der Waals surface area contributed by atoms with Gasteiger partial charge in [-0.05, 0) is 18.9 Å². The van der Waals surface area contributed by atoms with Gasteiger partial charge in [-0.15, -0.1) is 0 Å². The summed E-state index contributed by atoms with van der Waals surface area (Å²) in [5.41, 5.74) is 0. The quantitative estimate of drug-likeness (QED) is 0.745. The Labute approximate surface area is 84.6 Å². The van der Waals surface area contributed by atoms with E-state index in [0.717, 1.165) is 17.1 Å². The number of hydrogen-bond donors (Lipinski definition) is 1. The molecule has 1 aliphatic carbocycles. The highest BCUT2D eigenvalue weighted by Crippen LogP contribution is 2.18. The number of aliphatic hydroxyl groups excluding tert-OH is 1. The predicted molar refractivity (Wildman–Crippen MR) is 55.1 cm³/mol. The first-order valence-electron chi connectivity index (χ1n) is 4.53. The van der Waals surface area contributed by atoms with Crippen LogP contribution in [0.3, 0.4) is 0 Å². The first kappa shape index (κ1) is 11.4. The summed E-state index contributed by atoms with van der Waals surface area (Å²) in [5.74, 6) is 0. The average molecular weight is 217 g/mol. The number of nitrogens with zero attached hydrogens (tertiary/aromatic N) is 1. The third-order valence-corrected chi connectivity index (χ3v) is 3.99. The van der Waals surface area contributed by atoms with Crippen LogP contribution in [0.4, 0.5) is 0 Å². The van der Waals surface area contributed by atoms with E-state index in [1.165, 1.54) is 7.05 Å². The maximum absolute atomic E-state index is 11.8. The Morgan fingerprint density at radius 3 is 2.71 bits per heavy atom. The zero-order valence-corrected chi connectivity index (χ0v) is 9.00. The molecule has 1 N–H and O–H groups in total. The second kappa shape index (κ2) is 4.72. The molecule has 0 aromatic rings. The molecule has 0 amide bonds. The van der Waals surface area contributed by atoms with E-state index in [0.29, 0.717) is 4.91 Å². The van der Waals surface area contributed by atoms with Gasteiger partial charge in [0.05, 0.1) is 11.5 Å². The fourth-order valence-electron chi connectivity index (χ4n) is 1.22. The molecule has 0 saturated carbocycles. The summed E-state index contributed by atoms with van der Waals surface area (Å²) < 4.78 is 24.7. The molecule has 5 heteroatoms. The maximum Gasteiger partial charge on any atom is 0.242 e. The Kier molecular flexibility index (Phi) is 3.86. The molecule has 0 saturated heterocycles. The van der Waals surface area contributed by atoms with E-state index < -0.39 is 10.0 Å². The standard InChI is InChI=1S/C9H15NO3S/c1-10(7-8-11)14(12,13)9-5-3-2-4-6-9/h3,5-6,11H,2,4,7-8H2,1H3. The highest BCUT2D eigenvalue weighted by Gasteiger charge is 2.21. The van der Waals surface area contributed by atoms with Crippen molar-refractivity contribution in [2.75, 3.05) is 20.2 Å². The van der Waals surface area contributed by atoms with Crippen LogP contribution in [-0.2, 0) is 10.0 Å². The summed E-state index contributed by atoms with van der Waals surface area (Å²) in [6, 6.07) is 0. The summed E-state index contributed by atoms with van der Waals surface area (Å²) in [6.07, 6.45) is 6.83. The number of aliphatic hydroxyl groups is 1. The fraction of sp³-hybridized carbons (Fsp3) is 0.556. The van der Waals surface area contributed by atoms with Crippen LogP contribution in [-0.4, -0.2) is 38.0 Å². The van der Waals surface area contributed by atoms with Gasteiger partial charge in [-0.25, -0.2) is 8.42 Å². The molecule has 0 heterocycles. The SMILES string of the molecule is CN(CCO)S(=O)(=O)C1=CCCC=C1. The smallest absolute Gasteiger partial charge is 0.242 e. The van der Waals surface area contributed by atoms with E-state index in [4.69, 9.17) is 5.11 Å². The Balaban J connectivity index is 2.84. The molecule has 0 aromatic heterocycles. The van der Waals surface area contributed by atoms with E-state index >= 15 is 0 Å². The molecule has 0 aromatic carbocycles. The van der Waals surface area contributed by atoms with Crippen molar-refractivity contribution in [2.45, 2.75) is 12.8 Å². The Morgan fingerprint density at radius 2 is 2.21 bits per heavy atom. The second-order valence-corrected chi connectivity index (χ2v) is 5.18. The van der Waals surface area contributed by atoms with Gasteiger partial charge < -0.3 is 5.11 Å². The molecule has 0 atom stereocenters. The molecule has 0 spiro atoms. The fourth-order valence-corrected chi connectivity index (χ4v) is 2.50. The normalized spacial score (nSPS) is 17.2. The van der Waals surface area contributed by atoms with E-state index in [1.54, 1.807) is 12.2 Å². The van der Waals surface area contributed by atoms with Crippen LogP contribution in [0.2, 0.25) is 0 Å². The van der Waals surface area contributed by atoms with Crippen molar-refractivity contribution in [1.82, 2.24) is 4.31 Å². The lowest BCUT2D eigenvalue weighted by atomic mass is 10.2. The van der Waals surface area contributed by atoms with Gasteiger partial charge in [0.15, 0.2) is 0 Å². The molecule has 80 valence electrons. The van der Waals surface area contributed by atoms with E-state index in [9.17, 15) is 8.42 Å². The van der Waals surface area contributed by atoms with Gasteiger partial charge >= 0.3 is 0 Å². The Morgan fingerprint density at radius 1 is 1.50 bits per heavy atom. The van der Waals surface area contributed by atoms with E-state index in [1.807, 2.05) is 6.08 Å². The lowest BCUT2D eigenvalue weighted by molar-refractivity contribution is 0.267. The molecule has 1 rings (SSSR count). The van der Waals surface area contributed by atoms with Crippen LogP contribution in [0.5, 0.6) is 0 Å². The minimum Gasteiger partial charge on any atom is -0.395 e. The Hall–Kier alpha value is -0.650. The molecule has 0 aliphatic heterocycles. The third kappa shape index (κ3) is 2.43. The van der Waals surface area contributed by atoms with E-state index in [2.05, 4.69) is 0 Å². The van der Waals surface area contributed by atoms with Crippen LogP contribution in [0, 0.1) is 0 Å². The molecule has 1 aliphatic rings. The van der Waals surface area contributed by atoms with Gasteiger partial charge in [0, 0.05) is 13.6 Å². The predicted octanol–water partition coefficient (Wildman–Crippen LogP) is 0.474. The topological polar surface area (TPSA) is 57.6 Å². The number of allylic oxidation sites excluding steroid dienone is 3. The lowest BCUT2D eigenvalue weighted by Crippen LogP contribution is -2.30. The van der Waals surface area contributed by atoms with Gasteiger partial charge in [-0.3, -0.25) is 0 Å². The number of hydrogen-bond acceptors (Lipinski definition) is 3. The van der Waals surface area contributed by atoms with Crippen LogP contribution >= 0.6 is 0 Å². The molecule has 0 unspecified atom stereocenters. The minimum absolute atomic E-state index is 0.132. The zero-order chi connectivity index (χ0) is 10.6. The number of rotatable bonds is 4. The van der Waals surface area contributed by atoms with Crippen molar-refractivity contribution >= 4 is 10.0 Å². The largest absolute Gasteiger partial charge is 0.395 e. The first-order chi connectivity index (χ1) is 6.59. The summed E-state index contributed by atoms with van der Waals surface area (Å²) in [6.45, 7) is -0.0275. The van der Waals surface area contributed by atoms with Crippen LogP contribution in [0.1, 0.15) is 12.8 Å².